The molecule has 92 valence electrons. The molecule has 1 aromatic rings. The Morgan fingerprint density at radius 2 is 2.24 bits per heavy atom. The number of benzene rings is 1. The minimum Gasteiger partial charge on any atom is -0.329 e. The molecule has 2 rings (SSSR count). The second-order valence-corrected chi connectivity index (χ2v) is 4.42. The summed E-state index contributed by atoms with van der Waals surface area (Å²) in [6, 6.07) is 7.46. The lowest BCUT2D eigenvalue weighted by Crippen LogP contribution is -2.31. The number of nitrogens with two attached hydrogens (primary N) is 1. The van der Waals surface area contributed by atoms with Crippen LogP contribution < -0.4 is 5.73 Å². The maximum absolute atomic E-state index is 10.7. The van der Waals surface area contributed by atoms with E-state index in [0.29, 0.717) is 12.6 Å². The Kier molecular flexibility index (Phi) is 3.71. The molecule has 0 aromatic heterocycles. The number of hydrogen-bond donors (Lipinski definition) is 1. The van der Waals surface area contributed by atoms with Crippen LogP contribution in [-0.4, -0.2) is 29.0 Å². The van der Waals surface area contributed by atoms with Crippen molar-refractivity contribution in [2.24, 2.45) is 5.73 Å². The van der Waals surface area contributed by atoms with Crippen LogP contribution in [0.5, 0.6) is 0 Å². The SMILES string of the molecule is NCCN(Cc1cccc([N+](=O)[O-])c1)C1CC1. The Bertz CT molecular complexity index is 404. The average Bonchev–Trinajstić information content (AvgIpc) is 3.13. The van der Waals surface area contributed by atoms with Gasteiger partial charge in [0.1, 0.15) is 0 Å². The zero-order valence-electron chi connectivity index (χ0n) is 9.71. The van der Waals surface area contributed by atoms with E-state index in [9.17, 15) is 10.1 Å². The normalized spacial score (nSPS) is 15.2. The van der Waals surface area contributed by atoms with Crippen molar-refractivity contribution < 1.29 is 4.92 Å². The van der Waals surface area contributed by atoms with Gasteiger partial charge in [0, 0.05) is 37.8 Å². The number of nitrogens with zero attached hydrogens (tertiary/aromatic N) is 2. The molecule has 0 bridgehead atoms. The summed E-state index contributed by atoms with van der Waals surface area (Å²) in [4.78, 5) is 12.6. The van der Waals surface area contributed by atoms with Crippen LogP contribution in [0.1, 0.15) is 18.4 Å². The third-order valence-corrected chi connectivity index (χ3v) is 2.99. The first kappa shape index (κ1) is 12.0. The van der Waals surface area contributed by atoms with Crippen molar-refractivity contribution in [2.75, 3.05) is 13.1 Å². The van der Waals surface area contributed by atoms with Crippen LogP contribution in [-0.2, 0) is 6.54 Å². The molecule has 0 atom stereocenters. The monoisotopic (exact) mass is 235 g/mol. The van der Waals surface area contributed by atoms with Crippen LogP contribution in [0.3, 0.4) is 0 Å². The van der Waals surface area contributed by atoms with Gasteiger partial charge in [-0.3, -0.25) is 15.0 Å². The molecule has 17 heavy (non-hydrogen) atoms. The van der Waals surface area contributed by atoms with Crippen LogP contribution in [0.15, 0.2) is 24.3 Å². The molecule has 1 saturated carbocycles. The number of nitro benzene ring substituents is 1. The summed E-state index contributed by atoms with van der Waals surface area (Å²) in [5.41, 5.74) is 6.72. The topological polar surface area (TPSA) is 72.4 Å². The van der Waals surface area contributed by atoms with Crippen molar-refractivity contribution in [2.45, 2.75) is 25.4 Å². The molecular weight excluding hydrogens is 218 g/mol. The van der Waals surface area contributed by atoms with Gasteiger partial charge in [-0.1, -0.05) is 12.1 Å². The number of hydrogen-bond acceptors (Lipinski definition) is 4. The standard InChI is InChI=1S/C12H17N3O2/c13-6-7-14(11-4-5-11)9-10-2-1-3-12(8-10)15(16)17/h1-3,8,11H,4-7,9,13H2. The third-order valence-electron chi connectivity index (χ3n) is 2.99. The van der Waals surface area contributed by atoms with Crippen molar-refractivity contribution in [1.29, 1.82) is 0 Å². The van der Waals surface area contributed by atoms with E-state index in [-0.39, 0.29) is 10.6 Å². The fourth-order valence-corrected chi connectivity index (χ4v) is 2.00. The van der Waals surface area contributed by atoms with Gasteiger partial charge in [0.05, 0.1) is 4.92 Å². The van der Waals surface area contributed by atoms with Gasteiger partial charge in [-0.25, -0.2) is 0 Å². The molecule has 2 N–H and O–H groups in total. The summed E-state index contributed by atoms with van der Waals surface area (Å²) < 4.78 is 0. The van der Waals surface area contributed by atoms with Gasteiger partial charge in [-0.15, -0.1) is 0 Å². The second kappa shape index (κ2) is 5.25. The molecule has 1 aromatic carbocycles. The molecule has 1 fully saturated rings. The van der Waals surface area contributed by atoms with Crippen molar-refractivity contribution in [3.05, 3.63) is 39.9 Å². The Morgan fingerprint density at radius 3 is 2.82 bits per heavy atom. The van der Waals surface area contributed by atoms with Gasteiger partial charge >= 0.3 is 0 Å². The van der Waals surface area contributed by atoms with E-state index in [1.165, 1.54) is 18.9 Å². The summed E-state index contributed by atoms with van der Waals surface area (Å²) in [5, 5.41) is 10.7. The van der Waals surface area contributed by atoms with Crippen LogP contribution in [0.4, 0.5) is 5.69 Å². The predicted octanol–water partition coefficient (Wildman–Crippen LogP) is 1.52. The molecule has 0 aliphatic heterocycles. The van der Waals surface area contributed by atoms with E-state index in [2.05, 4.69) is 4.90 Å². The first-order valence-electron chi connectivity index (χ1n) is 5.88. The van der Waals surface area contributed by atoms with Crippen LogP contribution in [0.25, 0.3) is 0 Å². The fourth-order valence-electron chi connectivity index (χ4n) is 2.00. The highest BCUT2D eigenvalue weighted by Gasteiger charge is 2.28. The highest BCUT2D eigenvalue weighted by molar-refractivity contribution is 5.34. The summed E-state index contributed by atoms with van der Waals surface area (Å²) >= 11 is 0. The Labute approximate surface area is 100 Å². The quantitative estimate of drug-likeness (QED) is 0.599. The highest BCUT2D eigenvalue weighted by atomic mass is 16.6. The van der Waals surface area contributed by atoms with Crippen molar-refractivity contribution in [3.63, 3.8) is 0 Å². The molecule has 0 spiro atoms. The van der Waals surface area contributed by atoms with Crippen molar-refractivity contribution in [1.82, 2.24) is 4.90 Å². The molecule has 1 aliphatic carbocycles. The minimum atomic E-state index is -0.353. The lowest BCUT2D eigenvalue weighted by molar-refractivity contribution is -0.384. The maximum Gasteiger partial charge on any atom is 0.269 e. The van der Waals surface area contributed by atoms with Crippen molar-refractivity contribution >= 4 is 5.69 Å². The van der Waals surface area contributed by atoms with Gasteiger partial charge in [-0.2, -0.15) is 0 Å². The summed E-state index contributed by atoms with van der Waals surface area (Å²) in [6.07, 6.45) is 2.43. The Morgan fingerprint density at radius 1 is 1.47 bits per heavy atom. The van der Waals surface area contributed by atoms with Crippen LogP contribution in [0, 0.1) is 10.1 Å². The molecule has 0 heterocycles. The first-order chi connectivity index (χ1) is 8.20. The Hall–Kier alpha value is -1.46. The second-order valence-electron chi connectivity index (χ2n) is 4.42. The van der Waals surface area contributed by atoms with E-state index in [1.807, 2.05) is 6.07 Å². The molecule has 0 saturated heterocycles. The summed E-state index contributed by atoms with van der Waals surface area (Å²) in [7, 11) is 0. The van der Waals surface area contributed by atoms with Crippen molar-refractivity contribution in [3.8, 4) is 0 Å². The minimum absolute atomic E-state index is 0.158. The molecule has 0 unspecified atom stereocenters. The van der Waals surface area contributed by atoms with E-state index in [4.69, 9.17) is 5.73 Å². The van der Waals surface area contributed by atoms with Gasteiger partial charge in [0.2, 0.25) is 0 Å². The van der Waals surface area contributed by atoms with E-state index >= 15 is 0 Å². The lowest BCUT2D eigenvalue weighted by Gasteiger charge is -2.20. The summed E-state index contributed by atoms with van der Waals surface area (Å²) in [6.45, 7) is 2.24. The lowest BCUT2D eigenvalue weighted by atomic mass is 10.2. The smallest absolute Gasteiger partial charge is 0.269 e. The maximum atomic E-state index is 10.7. The number of nitro groups is 1. The average molecular weight is 235 g/mol. The van der Waals surface area contributed by atoms with E-state index < -0.39 is 0 Å². The van der Waals surface area contributed by atoms with Crippen LogP contribution in [0.2, 0.25) is 0 Å². The van der Waals surface area contributed by atoms with Crippen LogP contribution >= 0.6 is 0 Å². The zero-order chi connectivity index (χ0) is 12.3. The van der Waals surface area contributed by atoms with Gasteiger partial charge in [0.15, 0.2) is 0 Å². The molecule has 0 radical (unpaired) electrons. The molecule has 5 nitrogen and oxygen atoms in total. The van der Waals surface area contributed by atoms with Gasteiger partial charge in [-0.05, 0) is 18.4 Å². The Balaban J connectivity index is 2.05. The zero-order valence-corrected chi connectivity index (χ0v) is 9.71. The molecule has 5 heteroatoms. The first-order valence-corrected chi connectivity index (χ1v) is 5.88. The summed E-state index contributed by atoms with van der Waals surface area (Å²) in [5.74, 6) is 0. The molecular formula is C12H17N3O2. The largest absolute Gasteiger partial charge is 0.329 e. The highest BCUT2D eigenvalue weighted by Crippen LogP contribution is 2.28. The van der Waals surface area contributed by atoms with E-state index in [1.54, 1.807) is 12.1 Å². The molecule has 1 aliphatic rings. The molecule has 0 amide bonds. The third kappa shape index (κ3) is 3.25. The predicted molar refractivity (Wildman–Crippen MR) is 65.6 cm³/mol. The number of non-ortho nitro benzene ring substituents is 1. The van der Waals surface area contributed by atoms with Gasteiger partial charge < -0.3 is 5.73 Å². The van der Waals surface area contributed by atoms with Gasteiger partial charge in [0.25, 0.3) is 5.69 Å². The fraction of sp³-hybridized carbons (Fsp3) is 0.500. The number of rotatable bonds is 6. The van der Waals surface area contributed by atoms with E-state index in [0.717, 1.165) is 18.7 Å².